The highest BCUT2D eigenvalue weighted by Crippen LogP contribution is 2.33. The molecule has 1 aliphatic rings. The Morgan fingerprint density at radius 3 is 2.41 bits per heavy atom. The lowest BCUT2D eigenvalue weighted by atomic mass is 10.2. The summed E-state index contributed by atoms with van der Waals surface area (Å²) in [5, 5.41) is 0. The highest BCUT2D eigenvalue weighted by Gasteiger charge is 2.43. The summed E-state index contributed by atoms with van der Waals surface area (Å²) in [6, 6.07) is 11.1. The fraction of sp³-hybridized carbons (Fsp3) is 0.409. The van der Waals surface area contributed by atoms with Gasteiger partial charge < -0.3 is 19.3 Å². The van der Waals surface area contributed by atoms with Gasteiger partial charge in [-0.15, -0.1) is 0 Å². The van der Waals surface area contributed by atoms with Gasteiger partial charge in [0.25, 0.3) is 10.0 Å². The van der Waals surface area contributed by atoms with Gasteiger partial charge in [0, 0.05) is 39.0 Å². The van der Waals surface area contributed by atoms with Crippen LogP contribution in [0.5, 0.6) is 5.75 Å². The van der Waals surface area contributed by atoms with Gasteiger partial charge in [-0.25, -0.2) is 8.42 Å². The Hall–Kier alpha value is -2.99. The number of ether oxygens (including phenoxy) is 2. The molecule has 0 saturated carbocycles. The molecule has 0 radical (unpaired) electrons. The van der Waals surface area contributed by atoms with Crippen LogP contribution >= 0.6 is 0 Å². The van der Waals surface area contributed by atoms with Crippen molar-refractivity contribution in [2.24, 2.45) is 0 Å². The lowest BCUT2D eigenvalue weighted by molar-refractivity contribution is -0.185. The molecule has 12 heteroatoms. The lowest BCUT2D eigenvalue weighted by Gasteiger charge is -2.37. The molecule has 8 nitrogen and oxygen atoms in total. The molecule has 186 valence electrons. The minimum absolute atomic E-state index is 0.0307. The molecule has 0 spiro atoms. The van der Waals surface area contributed by atoms with Crippen molar-refractivity contribution >= 4 is 27.3 Å². The highest BCUT2D eigenvalue weighted by molar-refractivity contribution is 7.92. The van der Waals surface area contributed by atoms with Crippen molar-refractivity contribution in [3.63, 3.8) is 0 Å². The quantitative estimate of drug-likeness (QED) is 0.598. The van der Waals surface area contributed by atoms with Crippen LogP contribution in [-0.4, -0.2) is 65.3 Å². The summed E-state index contributed by atoms with van der Waals surface area (Å²) >= 11 is 0. The van der Waals surface area contributed by atoms with E-state index in [1.165, 1.54) is 25.3 Å². The van der Waals surface area contributed by atoms with Crippen molar-refractivity contribution in [1.29, 1.82) is 0 Å². The third kappa shape index (κ3) is 6.11. The van der Waals surface area contributed by atoms with E-state index in [9.17, 15) is 26.4 Å². The molecule has 1 saturated heterocycles. The van der Waals surface area contributed by atoms with Crippen LogP contribution in [0.2, 0.25) is 0 Å². The van der Waals surface area contributed by atoms with Gasteiger partial charge >= 0.3 is 12.1 Å². The predicted molar refractivity (Wildman–Crippen MR) is 120 cm³/mol. The first-order valence-electron chi connectivity index (χ1n) is 10.5. The maximum atomic E-state index is 13.0. The Kier molecular flexibility index (Phi) is 7.93. The molecule has 0 bridgehead atoms. The number of alkyl halides is 3. The largest absolute Gasteiger partial charge is 0.492 e. The third-order valence-electron chi connectivity index (χ3n) is 5.18. The van der Waals surface area contributed by atoms with Crippen LogP contribution in [0.25, 0.3) is 0 Å². The normalized spacial score (nSPS) is 14.7. The number of amides is 1. The summed E-state index contributed by atoms with van der Waals surface area (Å²) in [4.78, 5) is 13.9. The Morgan fingerprint density at radius 1 is 1.09 bits per heavy atom. The van der Waals surface area contributed by atoms with Crippen molar-refractivity contribution in [2.75, 3.05) is 49.5 Å². The summed E-state index contributed by atoms with van der Waals surface area (Å²) in [5.74, 6) is -1.48. The molecule has 34 heavy (non-hydrogen) atoms. The molecule has 1 heterocycles. The number of nitrogens with zero attached hydrogens (tertiary/aromatic N) is 2. The van der Waals surface area contributed by atoms with E-state index in [1.807, 2.05) is 0 Å². The zero-order valence-electron chi connectivity index (χ0n) is 18.8. The Balaban J connectivity index is 1.83. The second-order valence-electron chi connectivity index (χ2n) is 7.58. The molecule has 0 aromatic heterocycles. The number of rotatable bonds is 8. The number of methoxy groups -OCH3 is 1. The number of sulfonamides is 1. The van der Waals surface area contributed by atoms with Crippen molar-refractivity contribution in [3.05, 3.63) is 48.0 Å². The van der Waals surface area contributed by atoms with Crippen LogP contribution in [0.3, 0.4) is 0 Å². The van der Waals surface area contributed by atoms with E-state index in [2.05, 4.69) is 4.72 Å². The average molecular weight is 502 g/mol. The molecule has 3 rings (SSSR count). The number of hydrogen-bond donors (Lipinski definition) is 1. The molecule has 2 aromatic rings. The highest BCUT2D eigenvalue weighted by atomic mass is 32.2. The number of carbonyl (C=O) groups is 1. The molecule has 1 N–H and O–H groups in total. The predicted octanol–water partition coefficient (Wildman–Crippen LogP) is 3.24. The van der Waals surface area contributed by atoms with Crippen LogP contribution < -0.4 is 14.4 Å². The van der Waals surface area contributed by atoms with E-state index in [4.69, 9.17) is 9.47 Å². The van der Waals surface area contributed by atoms with Gasteiger partial charge in [0.2, 0.25) is 0 Å². The zero-order valence-corrected chi connectivity index (χ0v) is 19.6. The minimum Gasteiger partial charge on any atom is -0.492 e. The van der Waals surface area contributed by atoms with Crippen LogP contribution in [0.4, 0.5) is 24.5 Å². The number of nitrogens with one attached hydrogen (secondary N) is 1. The van der Waals surface area contributed by atoms with Crippen molar-refractivity contribution < 1.29 is 35.9 Å². The number of halogens is 3. The van der Waals surface area contributed by atoms with Gasteiger partial charge in [-0.1, -0.05) is 12.1 Å². The number of carbonyl (C=O) groups excluding carboxylic acids is 1. The monoisotopic (exact) mass is 501 g/mol. The Bertz CT molecular complexity index is 1120. The van der Waals surface area contributed by atoms with Gasteiger partial charge in [0.1, 0.15) is 5.75 Å². The van der Waals surface area contributed by atoms with E-state index in [-0.39, 0.29) is 31.1 Å². The fourth-order valence-corrected chi connectivity index (χ4v) is 4.69. The number of benzene rings is 2. The number of piperazine rings is 1. The molecular formula is C22H26F3N3O5S. The first-order chi connectivity index (χ1) is 16.0. The van der Waals surface area contributed by atoms with E-state index in [0.717, 1.165) is 10.5 Å². The van der Waals surface area contributed by atoms with Gasteiger partial charge in [-0.3, -0.25) is 9.52 Å². The first-order valence-corrected chi connectivity index (χ1v) is 12.0. The zero-order chi connectivity index (χ0) is 24.9. The topological polar surface area (TPSA) is 88.2 Å². The van der Waals surface area contributed by atoms with Crippen molar-refractivity contribution in [2.45, 2.75) is 24.6 Å². The summed E-state index contributed by atoms with van der Waals surface area (Å²) < 4.78 is 77.5. The van der Waals surface area contributed by atoms with E-state index in [0.29, 0.717) is 30.3 Å². The standard InChI is InChI=1S/C22H26F3N3O5S/c1-3-33-20-8-7-18(34(30,31)26-17-6-4-5-16(13-17)15-32-2)14-19(20)27-9-11-28(12-10-27)21(29)22(23,24)25/h4-8,13-14,26H,3,9-12,15H2,1-2H3. The SMILES string of the molecule is CCOc1ccc(S(=O)(=O)Nc2cccc(COC)c2)cc1N1CCN(C(=O)C(F)(F)F)CC1. The molecule has 0 aliphatic carbocycles. The molecule has 1 fully saturated rings. The summed E-state index contributed by atoms with van der Waals surface area (Å²) in [5.41, 5.74) is 1.59. The second-order valence-corrected chi connectivity index (χ2v) is 9.26. The summed E-state index contributed by atoms with van der Waals surface area (Å²) in [7, 11) is -2.43. The van der Waals surface area contributed by atoms with Gasteiger partial charge in [0.05, 0.1) is 23.8 Å². The van der Waals surface area contributed by atoms with Crippen LogP contribution in [0.1, 0.15) is 12.5 Å². The van der Waals surface area contributed by atoms with Crippen LogP contribution in [0.15, 0.2) is 47.4 Å². The fourth-order valence-electron chi connectivity index (χ4n) is 3.62. The summed E-state index contributed by atoms with van der Waals surface area (Å²) in [6.07, 6.45) is -4.93. The molecular weight excluding hydrogens is 475 g/mol. The lowest BCUT2D eigenvalue weighted by Crippen LogP contribution is -2.52. The van der Waals surface area contributed by atoms with E-state index < -0.39 is 22.1 Å². The van der Waals surface area contributed by atoms with E-state index in [1.54, 1.807) is 36.1 Å². The second kappa shape index (κ2) is 10.5. The van der Waals surface area contributed by atoms with Crippen LogP contribution in [0, 0.1) is 0 Å². The maximum Gasteiger partial charge on any atom is 0.471 e. The average Bonchev–Trinajstić information content (AvgIpc) is 2.79. The number of hydrogen-bond acceptors (Lipinski definition) is 6. The maximum absolute atomic E-state index is 13.0. The third-order valence-corrected chi connectivity index (χ3v) is 6.56. The molecule has 1 amide bonds. The van der Waals surface area contributed by atoms with Gasteiger partial charge in [0.15, 0.2) is 0 Å². The molecule has 0 atom stereocenters. The number of anilines is 2. The first kappa shape index (κ1) is 25.6. The molecule has 2 aromatic carbocycles. The Morgan fingerprint density at radius 2 is 1.79 bits per heavy atom. The van der Waals surface area contributed by atoms with Crippen molar-refractivity contribution in [3.8, 4) is 5.75 Å². The smallest absolute Gasteiger partial charge is 0.471 e. The van der Waals surface area contributed by atoms with Crippen LogP contribution in [-0.2, 0) is 26.2 Å². The minimum atomic E-state index is -4.93. The van der Waals surface area contributed by atoms with E-state index >= 15 is 0 Å². The summed E-state index contributed by atoms with van der Waals surface area (Å²) in [6.45, 7) is 2.30. The van der Waals surface area contributed by atoms with Crippen molar-refractivity contribution in [1.82, 2.24) is 4.90 Å². The molecule has 1 aliphatic heterocycles. The van der Waals surface area contributed by atoms with Gasteiger partial charge in [-0.05, 0) is 42.8 Å². The molecule has 0 unspecified atom stereocenters. The Labute approximate surface area is 196 Å². The van der Waals surface area contributed by atoms with Gasteiger partial charge in [-0.2, -0.15) is 13.2 Å².